The molecule has 1 saturated carbocycles. The molecule has 2 unspecified atom stereocenters. The summed E-state index contributed by atoms with van der Waals surface area (Å²) in [4.78, 5) is 0. The monoisotopic (exact) mass is 264 g/mol. The van der Waals surface area contributed by atoms with E-state index in [1.165, 1.54) is 6.42 Å². The standard InChI is InChI=1S/C15H17ClO2/c1-10-5-2-3-8-15(10,17)13-9-11-6-4-7-12(16)14(11)18-13/h4,6-7,9-10,17H,2-3,5,8H2,1H3. The summed E-state index contributed by atoms with van der Waals surface area (Å²) in [7, 11) is 0. The summed E-state index contributed by atoms with van der Waals surface area (Å²) in [6, 6.07) is 7.61. The highest BCUT2D eigenvalue weighted by molar-refractivity contribution is 6.34. The Morgan fingerprint density at radius 1 is 1.39 bits per heavy atom. The average Bonchev–Trinajstić information content (AvgIpc) is 2.79. The predicted octanol–water partition coefficient (Wildman–Crippen LogP) is 4.48. The number of benzene rings is 1. The first kappa shape index (κ1) is 12.1. The molecule has 1 N–H and O–H groups in total. The summed E-state index contributed by atoms with van der Waals surface area (Å²) in [5, 5.41) is 12.4. The fraction of sp³-hybridized carbons (Fsp3) is 0.467. The van der Waals surface area contributed by atoms with E-state index < -0.39 is 5.60 Å². The zero-order valence-electron chi connectivity index (χ0n) is 10.4. The van der Waals surface area contributed by atoms with Gasteiger partial charge in [0.2, 0.25) is 0 Å². The van der Waals surface area contributed by atoms with Gasteiger partial charge in [0, 0.05) is 5.39 Å². The van der Waals surface area contributed by atoms with Crippen molar-refractivity contribution in [2.45, 2.75) is 38.2 Å². The molecule has 0 radical (unpaired) electrons. The van der Waals surface area contributed by atoms with E-state index in [9.17, 15) is 5.11 Å². The summed E-state index contributed by atoms with van der Waals surface area (Å²) < 4.78 is 5.83. The van der Waals surface area contributed by atoms with Gasteiger partial charge in [-0.05, 0) is 30.9 Å². The van der Waals surface area contributed by atoms with Crippen LogP contribution in [0.4, 0.5) is 0 Å². The lowest BCUT2D eigenvalue weighted by Crippen LogP contribution is -2.35. The molecule has 3 rings (SSSR count). The van der Waals surface area contributed by atoms with Gasteiger partial charge in [-0.2, -0.15) is 0 Å². The van der Waals surface area contributed by atoms with Crippen molar-refractivity contribution in [3.8, 4) is 0 Å². The van der Waals surface area contributed by atoms with Crippen LogP contribution in [0.25, 0.3) is 11.0 Å². The first-order valence-electron chi connectivity index (χ1n) is 6.52. The molecule has 1 heterocycles. The van der Waals surface area contributed by atoms with Crippen LogP contribution >= 0.6 is 11.6 Å². The number of halogens is 1. The van der Waals surface area contributed by atoms with Crippen LogP contribution in [0.15, 0.2) is 28.7 Å². The van der Waals surface area contributed by atoms with Crippen LogP contribution in [0.3, 0.4) is 0 Å². The Labute approximate surface area is 112 Å². The Balaban J connectivity index is 2.11. The summed E-state index contributed by atoms with van der Waals surface area (Å²) in [6.07, 6.45) is 4.04. The number of hydrogen-bond acceptors (Lipinski definition) is 2. The molecule has 2 aromatic rings. The topological polar surface area (TPSA) is 33.4 Å². The molecule has 0 bridgehead atoms. The molecule has 3 heteroatoms. The lowest BCUT2D eigenvalue weighted by molar-refractivity contribution is -0.0626. The third-order valence-electron chi connectivity index (χ3n) is 4.18. The molecular weight excluding hydrogens is 248 g/mol. The van der Waals surface area contributed by atoms with Crippen molar-refractivity contribution < 1.29 is 9.52 Å². The molecule has 1 aromatic heterocycles. The Kier molecular flexibility index (Phi) is 2.87. The van der Waals surface area contributed by atoms with Crippen molar-refractivity contribution in [2.75, 3.05) is 0 Å². The zero-order chi connectivity index (χ0) is 12.8. The number of fused-ring (bicyclic) bond motifs is 1. The maximum atomic E-state index is 10.9. The minimum atomic E-state index is -0.833. The van der Waals surface area contributed by atoms with E-state index in [2.05, 4.69) is 6.92 Å². The summed E-state index contributed by atoms with van der Waals surface area (Å²) in [6.45, 7) is 2.09. The third kappa shape index (κ3) is 1.75. The lowest BCUT2D eigenvalue weighted by Gasteiger charge is -2.36. The second-order valence-electron chi connectivity index (χ2n) is 5.34. The highest BCUT2D eigenvalue weighted by atomic mass is 35.5. The van der Waals surface area contributed by atoms with Crippen molar-refractivity contribution in [2.24, 2.45) is 5.92 Å². The molecule has 1 aliphatic carbocycles. The normalized spacial score (nSPS) is 28.7. The number of aliphatic hydroxyl groups is 1. The Morgan fingerprint density at radius 2 is 2.22 bits per heavy atom. The molecule has 1 fully saturated rings. The predicted molar refractivity (Wildman–Crippen MR) is 72.8 cm³/mol. The Morgan fingerprint density at radius 3 is 2.94 bits per heavy atom. The maximum absolute atomic E-state index is 10.9. The first-order chi connectivity index (χ1) is 8.61. The van der Waals surface area contributed by atoms with Crippen LogP contribution in [0, 0.1) is 5.92 Å². The molecule has 0 saturated heterocycles. The summed E-state index contributed by atoms with van der Waals surface area (Å²) in [5.74, 6) is 0.892. The van der Waals surface area contributed by atoms with Gasteiger partial charge in [-0.15, -0.1) is 0 Å². The molecule has 2 atom stereocenters. The Hall–Kier alpha value is -0.990. The molecule has 0 spiro atoms. The van der Waals surface area contributed by atoms with Gasteiger partial charge in [-0.3, -0.25) is 0 Å². The quantitative estimate of drug-likeness (QED) is 0.824. The molecule has 2 nitrogen and oxygen atoms in total. The molecule has 0 aliphatic heterocycles. The fourth-order valence-electron chi connectivity index (χ4n) is 2.94. The van der Waals surface area contributed by atoms with Crippen molar-refractivity contribution in [1.29, 1.82) is 0 Å². The number of para-hydroxylation sites is 1. The third-order valence-corrected chi connectivity index (χ3v) is 4.48. The zero-order valence-corrected chi connectivity index (χ0v) is 11.2. The van der Waals surface area contributed by atoms with Gasteiger partial charge in [-0.1, -0.05) is 43.5 Å². The van der Waals surface area contributed by atoms with Crippen LogP contribution in [0.5, 0.6) is 0 Å². The number of rotatable bonds is 1. The van der Waals surface area contributed by atoms with Crippen molar-refractivity contribution in [3.63, 3.8) is 0 Å². The van der Waals surface area contributed by atoms with Gasteiger partial charge in [0.05, 0.1) is 5.02 Å². The summed E-state index contributed by atoms with van der Waals surface area (Å²) >= 11 is 6.12. The van der Waals surface area contributed by atoms with Gasteiger partial charge in [0.25, 0.3) is 0 Å². The molecule has 96 valence electrons. The minimum absolute atomic E-state index is 0.227. The minimum Gasteiger partial charge on any atom is -0.456 e. The SMILES string of the molecule is CC1CCCCC1(O)c1cc2cccc(Cl)c2o1. The van der Waals surface area contributed by atoms with Gasteiger partial charge in [0.15, 0.2) is 5.58 Å². The van der Waals surface area contributed by atoms with Crippen LogP contribution in [-0.4, -0.2) is 5.11 Å². The van der Waals surface area contributed by atoms with E-state index in [1.807, 2.05) is 24.3 Å². The smallest absolute Gasteiger partial charge is 0.153 e. The second-order valence-corrected chi connectivity index (χ2v) is 5.75. The van der Waals surface area contributed by atoms with E-state index in [1.54, 1.807) is 0 Å². The van der Waals surface area contributed by atoms with Gasteiger partial charge < -0.3 is 9.52 Å². The van der Waals surface area contributed by atoms with E-state index in [0.29, 0.717) is 16.4 Å². The molecule has 1 aliphatic rings. The average molecular weight is 265 g/mol. The highest BCUT2D eigenvalue weighted by Crippen LogP contribution is 2.43. The molecule has 0 amide bonds. The first-order valence-corrected chi connectivity index (χ1v) is 6.90. The van der Waals surface area contributed by atoms with Crippen molar-refractivity contribution in [1.82, 2.24) is 0 Å². The number of hydrogen-bond donors (Lipinski definition) is 1. The maximum Gasteiger partial charge on any atom is 0.153 e. The van der Waals surface area contributed by atoms with E-state index in [-0.39, 0.29) is 5.92 Å². The van der Waals surface area contributed by atoms with Gasteiger partial charge in [-0.25, -0.2) is 0 Å². The van der Waals surface area contributed by atoms with Crippen LogP contribution in [0.1, 0.15) is 38.4 Å². The molecular formula is C15H17ClO2. The number of furan rings is 1. The fourth-order valence-corrected chi connectivity index (χ4v) is 3.16. The molecule has 1 aromatic carbocycles. The van der Waals surface area contributed by atoms with Crippen LogP contribution < -0.4 is 0 Å². The van der Waals surface area contributed by atoms with Crippen molar-refractivity contribution in [3.05, 3.63) is 35.0 Å². The molecule has 18 heavy (non-hydrogen) atoms. The van der Waals surface area contributed by atoms with Crippen molar-refractivity contribution >= 4 is 22.6 Å². The Bertz CT molecular complexity index is 575. The van der Waals surface area contributed by atoms with Crippen LogP contribution in [0.2, 0.25) is 5.02 Å². The van der Waals surface area contributed by atoms with E-state index in [4.69, 9.17) is 16.0 Å². The van der Waals surface area contributed by atoms with E-state index >= 15 is 0 Å². The second kappa shape index (κ2) is 4.29. The highest BCUT2D eigenvalue weighted by Gasteiger charge is 2.40. The largest absolute Gasteiger partial charge is 0.456 e. The van der Waals surface area contributed by atoms with E-state index in [0.717, 1.165) is 24.6 Å². The lowest BCUT2D eigenvalue weighted by atomic mass is 9.75. The van der Waals surface area contributed by atoms with Crippen LogP contribution in [-0.2, 0) is 5.60 Å². The van der Waals surface area contributed by atoms with Gasteiger partial charge >= 0.3 is 0 Å². The van der Waals surface area contributed by atoms with Gasteiger partial charge in [0.1, 0.15) is 11.4 Å². The summed E-state index contributed by atoms with van der Waals surface area (Å²) in [5.41, 5.74) is -0.152.